The van der Waals surface area contributed by atoms with Crippen molar-refractivity contribution >= 4 is 57.6 Å². The second-order valence-corrected chi connectivity index (χ2v) is 10.7. The lowest BCUT2D eigenvalue weighted by Crippen LogP contribution is -2.50. The maximum Gasteiger partial charge on any atom is 0.260 e. The fourth-order valence-electron chi connectivity index (χ4n) is 4.91. The highest BCUT2D eigenvalue weighted by molar-refractivity contribution is 6.35. The SMILES string of the molecule is O=C(COc1ccc(Cl)cc1Cl)N1CCN(c2ncnc3c2c(-c2ccccc2)cn3-c2ccc(Cl)cc2)CC1. The summed E-state index contributed by atoms with van der Waals surface area (Å²) in [7, 11) is 0. The van der Waals surface area contributed by atoms with Crippen molar-refractivity contribution in [3.63, 3.8) is 0 Å². The van der Waals surface area contributed by atoms with Gasteiger partial charge in [-0.3, -0.25) is 4.79 Å². The molecule has 3 heterocycles. The van der Waals surface area contributed by atoms with Crippen molar-refractivity contribution in [3.8, 4) is 22.6 Å². The number of piperazine rings is 1. The van der Waals surface area contributed by atoms with Crippen LogP contribution >= 0.6 is 34.8 Å². The molecule has 40 heavy (non-hydrogen) atoms. The molecule has 0 bridgehead atoms. The Morgan fingerprint density at radius 2 is 1.57 bits per heavy atom. The fourth-order valence-corrected chi connectivity index (χ4v) is 5.50. The number of amides is 1. The van der Waals surface area contributed by atoms with Crippen molar-refractivity contribution in [1.82, 2.24) is 19.4 Å². The van der Waals surface area contributed by atoms with Crippen LogP contribution in [0.1, 0.15) is 0 Å². The summed E-state index contributed by atoms with van der Waals surface area (Å²) in [5.41, 5.74) is 3.87. The van der Waals surface area contributed by atoms with Crippen LogP contribution in [0.2, 0.25) is 15.1 Å². The summed E-state index contributed by atoms with van der Waals surface area (Å²) in [6.45, 7) is 2.24. The van der Waals surface area contributed by atoms with Crippen molar-refractivity contribution in [2.75, 3.05) is 37.7 Å². The predicted octanol–water partition coefficient (Wildman–Crippen LogP) is 6.78. The van der Waals surface area contributed by atoms with E-state index in [0.717, 1.165) is 33.7 Å². The summed E-state index contributed by atoms with van der Waals surface area (Å²) in [5, 5.41) is 2.52. The molecule has 0 aliphatic carbocycles. The summed E-state index contributed by atoms with van der Waals surface area (Å²) in [6.07, 6.45) is 3.69. The Balaban J connectivity index is 1.25. The molecule has 0 spiro atoms. The van der Waals surface area contributed by atoms with Crippen LogP contribution in [-0.2, 0) is 4.79 Å². The van der Waals surface area contributed by atoms with Gasteiger partial charge in [0.25, 0.3) is 5.91 Å². The molecule has 10 heteroatoms. The highest BCUT2D eigenvalue weighted by Gasteiger charge is 2.26. The molecule has 3 aromatic carbocycles. The lowest BCUT2D eigenvalue weighted by molar-refractivity contribution is -0.133. The summed E-state index contributed by atoms with van der Waals surface area (Å²) in [6, 6.07) is 22.8. The summed E-state index contributed by atoms with van der Waals surface area (Å²) >= 11 is 18.3. The largest absolute Gasteiger partial charge is 0.482 e. The molecule has 0 N–H and O–H groups in total. The third kappa shape index (κ3) is 5.32. The highest BCUT2D eigenvalue weighted by atomic mass is 35.5. The van der Waals surface area contributed by atoms with Crippen LogP contribution in [0.4, 0.5) is 5.82 Å². The van der Waals surface area contributed by atoms with Crippen molar-refractivity contribution in [1.29, 1.82) is 0 Å². The van der Waals surface area contributed by atoms with Gasteiger partial charge in [-0.1, -0.05) is 65.1 Å². The minimum atomic E-state index is -0.0997. The molecule has 6 rings (SSSR count). The van der Waals surface area contributed by atoms with Gasteiger partial charge in [0.1, 0.15) is 17.9 Å². The molecule has 1 aliphatic rings. The van der Waals surface area contributed by atoms with E-state index < -0.39 is 0 Å². The Morgan fingerprint density at radius 3 is 2.30 bits per heavy atom. The number of hydrogen-bond acceptors (Lipinski definition) is 5. The quantitative estimate of drug-likeness (QED) is 0.218. The standard InChI is InChI=1S/C30H24Cl3N5O2/c31-21-6-9-23(10-7-21)38-17-24(20-4-2-1-3-5-20)28-29(34-19-35-30(28)38)37-14-12-36(13-15-37)27(39)18-40-26-11-8-22(32)16-25(26)33/h1-11,16-17,19H,12-15,18H2. The van der Waals surface area contributed by atoms with Gasteiger partial charge in [0, 0.05) is 53.7 Å². The fraction of sp³-hybridized carbons (Fsp3) is 0.167. The second-order valence-electron chi connectivity index (χ2n) is 9.38. The van der Waals surface area contributed by atoms with Gasteiger partial charge in [-0.15, -0.1) is 0 Å². The smallest absolute Gasteiger partial charge is 0.260 e. The topological polar surface area (TPSA) is 63.5 Å². The molecule has 1 fully saturated rings. The number of fused-ring (bicyclic) bond motifs is 1. The summed E-state index contributed by atoms with van der Waals surface area (Å²) in [5.74, 6) is 1.17. The first-order valence-electron chi connectivity index (χ1n) is 12.8. The van der Waals surface area contributed by atoms with Crippen molar-refractivity contribution in [2.24, 2.45) is 0 Å². The first kappa shape index (κ1) is 26.4. The average Bonchev–Trinajstić information content (AvgIpc) is 3.37. The molecule has 0 saturated carbocycles. The maximum atomic E-state index is 12.9. The molecule has 0 atom stereocenters. The number of rotatable bonds is 6. The summed E-state index contributed by atoms with van der Waals surface area (Å²) < 4.78 is 7.73. The van der Waals surface area contributed by atoms with E-state index in [1.807, 2.05) is 42.5 Å². The van der Waals surface area contributed by atoms with E-state index in [1.54, 1.807) is 29.4 Å². The van der Waals surface area contributed by atoms with E-state index >= 15 is 0 Å². The molecule has 2 aromatic heterocycles. The number of hydrogen-bond donors (Lipinski definition) is 0. The molecular formula is C30H24Cl3N5O2. The predicted molar refractivity (Wildman–Crippen MR) is 160 cm³/mol. The van der Waals surface area contributed by atoms with Crippen LogP contribution in [0.15, 0.2) is 85.3 Å². The normalized spacial score (nSPS) is 13.6. The number of anilines is 1. The molecule has 7 nitrogen and oxygen atoms in total. The zero-order chi connectivity index (χ0) is 27.6. The number of carbonyl (C=O) groups excluding carboxylic acids is 1. The van der Waals surface area contributed by atoms with E-state index in [9.17, 15) is 4.79 Å². The van der Waals surface area contributed by atoms with Gasteiger partial charge in [0.2, 0.25) is 0 Å². The Morgan fingerprint density at radius 1 is 0.850 bits per heavy atom. The second kappa shape index (κ2) is 11.4. The van der Waals surface area contributed by atoms with Crippen molar-refractivity contribution in [2.45, 2.75) is 0 Å². The summed E-state index contributed by atoms with van der Waals surface area (Å²) in [4.78, 5) is 26.3. The van der Waals surface area contributed by atoms with E-state index in [1.165, 1.54) is 0 Å². The number of ether oxygens (including phenoxy) is 1. The Kier molecular flexibility index (Phi) is 7.52. The first-order valence-corrected chi connectivity index (χ1v) is 13.9. The van der Waals surface area contributed by atoms with Gasteiger partial charge >= 0.3 is 0 Å². The van der Waals surface area contributed by atoms with Gasteiger partial charge in [-0.25, -0.2) is 9.97 Å². The molecule has 1 aliphatic heterocycles. The van der Waals surface area contributed by atoms with E-state index in [2.05, 4.69) is 32.8 Å². The number of carbonyl (C=O) groups is 1. The van der Waals surface area contributed by atoms with Crippen LogP contribution < -0.4 is 9.64 Å². The van der Waals surface area contributed by atoms with Crippen molar-refractivity contribution in [3.05, 3.63) is 100 Å². The van der Waals surface area contributed by atoms with Crippen LogP contribution in [-0.4, -0.2) is 58.1 Å². The lowest BCUT2D eigenvalue weighted by Gasteiger charge is -2.35. The van der Waals surface area contributed by atoms with Gasteiger partial charge in [0.15, 0.2) is 12.3 Å². The Bertz CT molecular complexity index is 1670. The van der Waals surface area contributed by atoms with Gasteiger partial charge in [-0.05, 0) is 48.0 Å². The van der Waals surface area contributed by atoms with Gasteiger partial charge in [-0.2, -0.15) is 0 Å². The number of aromatic nitrogens is 3. The molecular weight excluding hydrogens is 569 g/mol. The van der Waals surface area contributed by atoms with Gasteiger partial charge < -0.3 is 19.1 Å². The van der Waals surface area contributed by atoms with Crippen molar-refractivity contribution < 1.29 is 9.53 Å². The molecule has 0 unspecified atom stereocenters. The van der Waals surface area contributed by atoms with Gasteiger partial charge in [0.05, 0.1) is 10.4 Å². The minimum Gasteiger partial charge on any atom is -0.482 e. The molecule has 1 saturated heterocycles. The zero-order valence-corrected chi connectivity index (χ0v) is 23.6. The molecule has 1 amide bonds. The van der Waals surface area contributed by atoms with Crippen LogP contribution in [0, 0.1) is 0 Å². The monoisotopic (exact) mass is 591 g/mol. The third-order valence-electron chi connectivity index (χ3n) is 6.93. The zero-order valence-electron chi connectivity index (χ0n) is 21.3. The Hall–Kier alpha value is -3.78. The maximum absolute atomic E-state index is 12.9. The molecule has 202 valence electrons. The minimum absolute atomic E-state index is 0.0960. The van der Waals surface area contributed by atoms with Crippen LogP contribution in [0.5, 0.6) is 5.75 Å². The number of nitrogens with zero attached hydrogens (tertiary/aromatic N) is 5. The first-order chi connectivity index (χ1) is 19.5. The lowest BCUT2D eigenvalue weighted by atomic mass is 10.1. The molecule has 5 aromatic rings. The third-order valence-corrected chi connectivity index (χ3v) is 7.71. The number of benzene rings is 3. The number of halogens is 3. The Labute approximate surface area is 246 Å². The highest BCUT2D eigenvalue weighted by Crippen LogP contribution is 2.37. The average molecular weight is 593 g/mol. The van der Waals surface area contributed by atoms with E-state index in [0.29, 0.717) is 47.0 Å². The van der Waals surface area contributed by atoms with E-state index in [4.69, 9.17) is 44.5 Å². The van der Waals surface area contributed by atoms with E-state index in [-0.39, 0.29) is 12.5 Å². The van der Waals surface area contributed by atoms with Crippen LogP contribution in [0.25, 0.3) is 27.8 Å². The molecule has 0 radical (unpaired) electrons. The van der Waals surface area contributed by atoms with Crippen LogP contribution in [0.3, 0.4) is 0 Å².